The number of hydrogen-bond acceptors (Lipinski definition) is 9. The van der Waals surface area contributed by atoms with E-state index in [9.17, 15) is 30.0 Å². The maximum absolute atomic E-state index is 11.8. The van der Waals surface area contributed by atoms with Crippen LogP contribution in [0.1, 0.15) is 46.5 Å². The number of hydrogen-bond donors (Lipinski definition) is 5. The van der Waals surface area contributed by atoms with Gasteiger partial charge in [-0.3, -0.25) is 9.59 Å². The van der Waals surface area contributed by atoms with Crippen molar-refractivity contribution >= 4 is 11.9 Å². The van der Waals surface area contributed by atoms with Gasteiger partial charge in [-0.1, -0.05) is 13.3 Å². The molecule has 1 aliphatic heterocycles. The second-order valence-electron chi connectivity index (χ2n) is 7.18. The Morgan fingerprint density at radius 2 is 1.78 bits per heavy atom. The van der Waals surface area contributed by atoms with Gasteiger partial charge in [0.15, 0.2) is 6.29 Å². The summed E-state index contributed by atoms with van der Waals surface area (Å²) in [5.74, 6) is -2.16. The van der Waals surface area contributed by atoms with Crippen molar-refractivity contribution in [3.05, 3.63) is 0 Å². The van der Waals surface area contributed by atoms with E-state index in [1.807, 2.05) is 6.92 Å². The summed E-state index contributed by atoms with van der Waals surface area (Å²) in [7, 11) is 0. The smallest absolute Gasteiger partial charge is 0.308 e. The molecule has 0 amide bonds. The topological polar surface area (TPSA) is 163 Å². The third-order valence-corrected chi connectivity index (χ3v) is 4.20. The van der Waals surface area contributed by atoms with Gasteiger partial charge in [-0.2, -0.15) is 0 Å². The molecule has 0 aliphatic carbocycles. The minimum atomic E-state index is -1.79. The maximum atomic E-state index is 11.8. The molecule has 0 spiro atoms. The van der Waals surface area contributed by atoms with E-state index in [4.69, 9.17) is 19.3 Å². The first-order valence-corrected chi connectivity index (χ1v) is 8.91. The van der Waals surface area contributed by atoms with Crippen molar-refractivity contribution in [3.63, 3.8) is 0 Å². The van der Waals surface area contributed by atoms with Crippen LogP contribution in [0.5, 0.6) is 0 Å². The molecular formula is C17H30O10. The number of carbonyl (C=O) groups is 2. The van der Waals surface area contributed by atoms with E-state index in [2.05, 4.69) is 0 Å². The quantitative estimate of drug-likeness (QED) is 0.295. The van der Waals surface area contributed by atoms with Gasteiger partial charge in [-0.05, 0) is 20.3 Å². The lowest BCUT2D eigenvalue weighted by atomic mass is 9.98. The summed E-state index contributed by atoms with van der Waals surface area (Å²) >= 11 is 0. The molecule has 27 heavy (non-hydrogen) atoms. The van der Waals surface area contributed by atoms with Crippen LogP contribution in [-0.2, 0) is 23.8 Å². The van der Waals surface area contributed by atoms with Gasteiger partial charge in [-0.25, -0.2) is 0 Å². The van der Waals surface area contributed by atoms with Crippen LogP contribution in [0.4, 0.5) is 0 Å². The van der Waals surface area contributed by atoms with Gasteiger partial charge in [0.1, 0.15) is 31.0 Å². The molecule has 7 atom stereocenters. The number of rotatable bonds is 10. The molecule has 7 unspecified atom stereocenters. The first-order chi connectivity index (χ1) is 12.5. The molecule has 1 rings (SSSR count). The van der Waals surface area contributed by atoms with Crippen LogP contribution < -0.4 is 0 Å². The molecule has 10 nitrogen and oxygen atoms in total. The summed E-state index contributed by atoms with van der Waals surface area (Å²) in [6.45, 7) is 4.46. The van der Waals surface area contributed by atoms with Crippen LogP contribution >= 0.6 is 0 Å². The average molecular weight is 394 g/mol. The van der Waals surface area contributed by atoms with Crippen LogP contribution in [-0.4, -0.2) is 86.5 Å². The van der Waals surface area contributed by atoms with E-state index in [1.54, 1.807) is 6.92 Å². The van der Waals surface area contributed by atoms with Crippen molar-refractivity contribution in [2.24, 2.45) is 0 Å². The molecule has 10 heteroatoms. The van der Waals surface area contributed by atoms with Gasteiger partial charge < -0.3 is 39.7 Å². The highest BCUT2D eigenvalue weighted by atomic mass is 16.7. The number of esters is 1. The molecule has 0 saturated carbocycles. The fraction of sp³-hybridized carbons (Fsp3) is 0.882. The lowest BCUT2D eigenvalue weighted by Crippen LogP contribution is -2.59. The molecule has 0 radical (unpaired) electrons. The zero-order valence-corrected chi connectivity index (χ0v) is 15.8. The molecule has 0 bridgehead atoms. The Morgan fingerprint density at radius 3 is 2.33 bits per heavy atom. The van der Waals surface area contributed by atoms with Crippen molar-refractivity contribution in [2.45, 2.75) is 88.9 Å². The number of carboxylic acids is 1. The average Bonchev–Trinajstić information content (AvgIpc) is 2.52. The Bertz CT molecular complexity index is 494. The highest BCUT2D eigenvalue weighted by Crippen LogP contribution is 2.24. The summed E-state index contributed by atoms with van der Waals surface area (Å²) in [4.78, 5) is 22.5. The second-order valence-corrected chi connectivity index (χ2v) is 7.18. The molecule has 5 N–H and O–H groups in total. The van der Waals surface area contributed by atoms with Crippen LogP contribution in [0.15, 0.2) is 0 Å². The van der Waals surface area contributed by atoms with Gasteiger partial charge in [0.05, 0.1) is 24.5 Å². The molecule has 1 heterocycles. The maximum Gasteiger partial charge on any atom is 0.308 e. The molecule has 1 saturated heterocycles. The predicted molar refractivity (Wildman–Crippen MR) is 90.6 cm³/mol. The van der Waals surface area contributed by atoms with E-state index < -0.39 is 67.7 Å². The fourth-order valence-electron chi connectivity index (χ4n) is 2.80. The van der Waals surface area contributed by atoms with Gasteiger partial charge in [0.25, 0.3) is 0 Å². The minimum Gasteiger partial charge on any atom is -0.481 e. The third-order valence-electron chi connectivity index (χ3n) is 4.20. The molecule has 0 aromatic rings. The normalized spacial score (nSPS) is 31.7. The van der Waals surface area contributed by atoms with Crippen molar-refractivity contribution in [2.75, 3.05) is 6.61 Å². The SMILES string of the molecule is CCCC(C)OC1OC(COC(=O)CC(C)(O)CC(=O)O)C(O)C(O)C1O. The second kappa shape index (κ2) is 10.3. The number of ether oxygens (including phenoxy) is 3. The zero-order valence-electron chi connectivity index (χ0n) is 15.8. The van der Waals surface area contributed by atoms with Crippen molar-refractivity contribution in [1.82, 2.24) is 0 Å². The van der Waals surface area contributed by atoms with Gasteiger partial charge in [0.2, 0.25) is 0 Å². The number of aliphatic carboxylic acids is 1. The Hall–Kier alpha value is -1.30. The summed E-state index contributed by atoms with van der Waals surface area (Å²) < 4.78 is 15.9. The van der Waals surface area contributed by atoms with E-state index in [0.717, 1.165) is 6.42 Å². The Morgan fingerprint density at radius 1 is 1.15 bits per heavy atom. The third kappa shape index (κ3) is 7.68. The van der Waals surface area contributed by atoms with Gasteiger partial charge >= 0.3 is 11.9 Å². The van der Waals surface area contributed by atoms with E-state index in [1.165, 1.54) is 6.92 Å². The zero-order chi connectivity index (χ0) is 20.8. The summed E-state index contributed by atoms with van der Waals surface area (Å²) in [6.07, 6.45) is -6.84. The highest BCUT2D eigenvalue weighted by Gasteiger charge is 2.45. The first kappa shape index (κ1) is 23.7. The van der Waals surface area contributed by atoms with Gasteiger partial charge in [0, 0.05) is 0 Å². The van der Waals surface area contributed by atoms with Crippen molar-refractivity contribution in [3.8, 4) is 0 Å². The predicted octanol–water partition coefficient (Wildman–Crippen LogP) is -0.842. The van der Waals surface area contributed by atoms with Crippen LogP contribution in [0, 0.1) is 0 Å². The van der Waals surface area contributed by atoms with Crippen LogP contribution in [0.25, 0.3) is 0 Å². The number of carbonyl (C=O) groups excluding carboxylic acids is 1. The molecule has 0 aromatic carbocycles. The van der Waals surface area contributed by atoms with E-state index >= 15 is 0 Å². The monoisotopic (exact) mass is 394 g/mol. The molecule has 1 aliphatic rings. The number of aliphatic hydroxyl groups excluding tert-OH is 3. The Balaban J connectivity index is 2.61. The lowest BCUT2D eigenvalue weighted by Gasteiger charge is -2.40. The van der Waals surface area contributed by atoms with E-state index in [-0.39, 0.29) is 6.10 Å². The van der Waals surface area contributed by atoms with Crippen molar-refractivity contribution in [1.29, 1.82) is 0 Å². The molecule has 0 aromatic heterocycles. The summed E-state index contributed by atoms with van der Waals surface area (Å²) in [6, 6.07) is 0. The minimum absolute atomic E-state index is 0.258. The Kier molecular flexibility index (Phi) is 9.06. The van der Waals surface area contributed by atoms with Gasteiger partial charge in [-0.15, -0.1) is 0 Å². The standard InChI is InChI=1S/C17H30O10/c1-4-5-9(2)26-16-15(23)14(22)13(21)10(27-16)8-25-12(20)7-17(3,24)6-11(18)19/h9-10,13-16,21-24H,4-8H2,1-3H3,(H,18,19). The molecular weight excluding hydrogens is 364 g/mol. The largest absolute Gasteiger partial charge is 0.481 e. The molecule has 158 valence electrons. The molecule has 1 fully saturated rings. The summed E-state index contributed by atoms with van der Waals surface area (Å²) in [5, 5.41) is 48.5. The fourth-order valence-corrected chi connectivity index (χ4v) is 2.80. The number of carboxylic acid groups (broad SMARTS) is 1. The lowest BCUT2D eigenvalue weighted by molar-refractivity contribution is -0.310. The van der Waals surface area contributed by atoms with Crippen LogP contribution in [0.3, 0.4) is 0 Å². The van der Waals surface area contributed by atoms with E-state index in [0.29, 0.717) is 6.42 Å². The van der Waals surface area contributed by atoms with Crippen molar-refractivity contribution < 1.29 is 49.3 Å². The first-order valence-electron chi connectivity index (χ1n) is 8.91. The number of aliphatic hydroxyl groups is 4. The highest BCUT2D eigenvalue weighted by molar-refractivity contribution is 5.73. The summed E-state index contributed by atoms with van der Waals surface area (Å²) in [5.41, 5.74) is -1.79. The Labute approximate surface area is 157 Å². The van der Waals surface area contributed by atoms with Crippen LogP contribution in [0.2, 0.25) is 0 Å².